The molecule has 0 bridgehead atoms. The number of rotatable bonds is 3. The molecule has 1 aromatic heterocycles. The van der Waals surface area contributed by atoms with Crippen molar-refractivity contribution in [3.63, 3.8) is 0 Å². The van der Waals surface area contributed by atoms with E-state index in [2.05, 4.69) is 49.8 Å². The number of H-pyrrole nitrogens is 1. The molecule has 0 aliphatic carbocycles. The van der Waals surface area contributed by atoms with Crippen molar-refractivity contribution in [3.05, 3.63) is 41.7 Å². The van der Waals surface area contributed by atoms with Gasteiger partial charge < -0.3 is 0 Å². The quantitative estimate of drug-likeness (QED) is 0.892. The van der Waals surface area contributed by atoms with Crippen molar-refractivity contribution in [3.8, 4) is 0 Å². The molecular formula is C13H17N5. The van der Waals surface area contributed by atoms with Gasteiger partial charge in [-0.05, 0) is 31.5 Å². The van der Waals surface area contributed by atoms with Crippen LogP contribution in [-0.2, 0) is 0 Å². The van der Waals surface area contributed by atoms with Crippen LogP contribution in [0, 0.1) is 0 Å². The van der Waals surface area contributed by atoms with E-state index in [4.69, 9.17) is 0 Å². The zero-order valence-corrected chi connectivity index (χ0v) is 10.3. The van der Waals surface area contributed by atoms with Crippen LogP contribution in [0.4, 0.5) is 0 Å². The summed E-state index contributed by atoms with van der Waals surface area (Å²) in [5.41, 5.74) is 1.24. The van der Waals surface area contributed by atoms with E-state index < -0.39 is 0 Å². The fourth-order valence-corrected chi connectivity index (χ4v) is 2.62. The smallest absolute Gasteiger partial charge is 0.196 e. The Morgan fingerprint density at radius 2 is 1.83 bits per heavy atom. The summed E-state index contributed by atoms with van der Waals surface area (Å²) in [6, 6.07) is 10.6. The van der Waals surface area contributed by atoms with Crippen molar-refractivity contribution in [1.29, 1.82) is 0 Å². The van der Waals surface area contributed by atoms with Crippen LogP contribution < -0.4 is 0 Å². The lowest BCUT2D eigenvalue weighted by atomic mass is 10.0. The van der Waals surface area contributed by atoms with Crippen molar-refractivity contribution >= 4 is 0 Å². The number of likely N-dealkylation sites (tertiary alicyclic amines) is 1. The molecule has 94 valence electrons. The van der Waals surface area contributed by atoms with Gasteiger partial charge in [0.15, 0.2) is 5.82 Å². The number of nitrogens with one attached hydrogen (secondary N) is 1. The number of hydrogen-bond acceptors (Lipinski definition) is 4. The van der Waals surface area contributed by atoms with E-state index in [9.17, 15) is 0 Å². The lowest BCUT2D eigenvalue weighted by Gasteiger charge is -2.32. The molecule has 3 rings (SSSR count). The van der Waals surface area contributed by atoms with Crippen LogP contribution in [0.5, 0.6) is 0 Å². The highest BCUT2D eigenvalue weighted by molar-refractivity contribution is 5.24. The van der Waals surface area contributed by atoms with E-state index in [1.54, 1.807) is 0 Å². The summed E-state index contributed by atoms with van der Waals surface area (Å²) in [4.78, 5) is 2.45. The zero-order chi connectivity index (χ0) is 12.2. The highest BCUT2D eigenvalue weighted by Crippen LogP contribution is 2.28. The molecule has 2 heterocycles. The topological polar surface area (TPSA) is 57.7 Å². The largest absolute Gasteiger partial charge is 0.290 e. The summed E-state index contributed by atoms with van der Waals surface area (Å²) < 4.78 is 0. The third-order valence-electron chi connectivity index (χ3n) is 3.48. The maximum absolute atomic E-state index is 4.18. The van der Waals surface area contributed by atoms with Crippen LogP contribution >= 0.6 is 0 Å². The normalized spacial score (nSPS) is 18.7. The van der Waals surface area contributed by atoms with E-state index in [0.717, 1.165) is 18.9 Å². The van der Waals surface area contributed by atoms with E-state index in [-0.39, 0.29) is 6.04 Å². The molecule has 0 radical (unpaired) electrons. The number of aromatic amines is 1. The van der Waals surface area contributed by atoms with Crippen LogP contribution in [0.2, 0.25) is 0 Å². The molecule has 1 aromatic carbocycles. The molecule has 1 saturated heterocycles. The molecule has 1 aliphatic heterocycles. The number of aromatic nitrogens is 4. The van der Waals surface area contributed by atoms with Gasteiger partial charge in [0, 0.05) is 0 Å². The van der Waals surface area contributed by atoms with Gasteiger partial charge in [-0.15, -0.1) is 10.2 Å². The summed E-state index contributed by atoms with van der Waals surface area (Å²) in [6.45, 7) is 2.21. The number of tetrazole rings is 1. The third-order valence-corrected chi connectivity index (χ3v) is 3.48. The monoisotopic (exact) mass is 243 g/mol. The zero-order valence-electron chi connectivity index (χ0n) is 10.3. The first kappa shape index (κ1) is 11.3. The standard InChI is InChI=1S/C13H17N5/c1-3-7-11(8-4-1)12(13-14-16-17-15-13)18-9-5-2-6-10-18/h1,3-4,7-8,12H,2,5-6,9-10H2,(H,14,15,16,17). The number of piperidine rings is 1. The van der Waals surface area contributed by atoms with Gasteiger partial charge in [-0.1, -0.05) is 42.0 Å². The van der Waals surface area contributed by atoms with E-state index >= 15 is 0 Å². The third kappa shape index (κ3) is 2.26. The molecule has 1 unspecified atom stereocenters. The predicted octanol–water partition coefficient (Wildman–Crippen LogP) is 1.77. The first-order chi connectivity index (χ1) is 8.95. The van der Waals surface area contributed by atoms with Gasteiger partial charge in [-0.2, -0.15) is 5.21 Å². The van der Waals surface area contributed by atoms with Gasteiger partial charge in [-0.25, -0.2) is 0 Å². The Morgan fingerprint density at radius 3 is 2.50 bits per heavy atom. The molecular weight excluding hydrogens is 226 g/mol. The Hall–Kier alpha value is -1.75. The molecule has 18 heavy (non-hydrogen) atoms. The fourth-order valence-electron chi connectivity index (χ4n) is 2.62. The molecule has 2 aromatic rings. The number of hydrogen-bond donors (Lipinski definition) is 1. The second-order valence-electron chi connectivity index (χ2n) is 4.68. The minimum absolute atomic E-state index is 0.130. The molecule has 0 spiro atoms. The minimum atomic E-state index is 0.130. The van der Waals surface area contributed by atoms with Crippen molar-refractivity contribution in [2.45, 2.75) is 25.3 Å². The van der Waals surface area contributed by atoms with Crippen LogP contribution in [0.1, 0.15) is 36.7 Å². The van der Waals surface area contributed by atoms with Crippen molar-refractivity contribution < 1.29 is 0 Å². The second-order valence-corrected chi connectivity index (χ2v) is 4.68. The minimum Gasteiger partial charge on any atom is -0.290 e. The second kappa shape index (κ2) is 5.27. The summed E-state index contributed by atoms with van der Waals surface area (Å²) in [5, 5.41) is 14.6. The average Bonchev–Trinajstić information content (AvgIpc) is 2.95. The first-order valence-electron chi connectivity index (χ1n) is 6.47. The Balaban J connectivity index is 1.93. The van der Waals surface area contributed by atoms with Crippen molar-refractivity contribution in [2.24, 2.45) is 0 Å². The first-order valence-corrected chi connectivity index (χ1v) is 6.47. The Kier molecular flexibility index (Phi) is 3.32. The molecule has 1 atom stereocenters. The Morgan fingerprint density at radius 1 is 1.06 bits per heavy atom. The molecule has 1 aliphatic rings. The van der Waals surface area contributed by atoms with E-state index in [0.29, 0.717) is 0 Å². The van der Waals surface area contributed by atoms with Gasteiger partial charge in [0.25, 0.3) is 0 Å². The Labute approximate surface area is 106 Å². The summed E-state index contributed by atoms with van der Waals surface area (Å²) >= 11 is 0. The highest BCUT2D eigenvalue weighted by Gasteiger charge is 2.26. The molecule has 5 heteroatoms. The lowest BCUT2D eigenvalue weighted by Crippen LogP contribution is -2.35. The molecule has 0 amide bonds. The van der Waals surface area contributed by atoms with Crippen LogP contribution in [-0.4, -0.2) is 38.6 Å². The number of benzene rings is 1. The van der Waals surface area contributed by atoms with Crippen molar-refractivity contribution in [1.82, 2.24) is 25.5 Å². The van der Waals surface area contributed by atoms with Gasteiger partial charge in [0.1, 0.15) is 0 Å². The van der Waals surface area contributed by atoms with Crippen LogP contribution in [0.25, 0.3) is 0 Å². The lowest BCUT2D eigenvalue weighted by molar-refractivity contribution is 0.181. The van der Waals surface area contributed by atoms with E-state index in [1.807, 2.05) is 6.07 Å². The van der Waals surface area contributed by atoms with Gasteiger partial charge in [0.2, 0.25) is 0 Å². The van der Waals surface area contributed by atoms with Gasteiger partial charge in [-0.3, -0.25) is 4.90 Å². The molecule has 1 fully saturated rings. The van der Waals surface area contributed by atoms with Crippen molar-refractivity contribution in [2.75, 3.05) is 13.1 Å². The number of nitrogens with zero attached hydrogens (tertiary/aromatic N) is 4. The van der Waals surface area contributed by atoms with Crippen LogP contribution in [0.3, 0.4) is 0 Å². The molecule has 5 nitrogen and oxygen atoms in total. The van der Waals surface area contributed by atoms with Gasteiger partial charge >= 0.3 is 0 Å². The predicted molar refractivity (Wildman–Crippen MR) is 67.9 cm³/mol. The van der Waals surface area contributed by atoms with Crippen LogP contribution in [0.15, 0.2) is 30.3 Å². The Bertz CT molecular complexity index is 461. The maximum Gasteiger partial charge on any atom is 0.196 e. The summed E-state index contributed by atoms with van der Waals surface area (Å²) in [6.07, 6.45) is 3.83. The fraction of sp³-hybridized carbons (Fsp3) is 0.462. The van der Waals surface area contributed by atoms with Gasteiger partial charge in [0.05, 0.1) is 6.04 Å². The molecule has 1 N–H and O–H groups in total. The summed E-state index contributed by atoms with van der Waals surface area (Å²) in [7, 11) is 0. The highest BCUT2D eigenvalue weighted by atomic mass is 15.5. The summed E-state index contributed by atoms with van der Waals surface area (Å²) in [5.74, 6) is 0.767. The average molecular weight is 243 g/mol. The molecule has 0 saturated carbocycles. The SMILES string of the molecule is c1ccc(C(c2nn[nH]n2)N2CCCCC2)cc1. The van der Waals surface area contributed by atoms with E-state index in [1.165, 1.54) is 24.8 Å². The maximum atomic E-state index is 4.18.